The van der Waals surface area contributed by atoms with Gasteiger partial charge in [-0.05, 0) is 56.8 Å². The number of hydrogen-bond acceptors (Lipinski definition) is 4. The number of piperidine rings is 1. The van der Waals surface area contributed by atoms with E-state index >= 15 is 0 Å². The molecule has 1 amide bonds. The van der Waals surface area contributed by atoms with Gasteiger partial charge in [0.15, 0.2) is 0 Å². The molecular weight excluding hydrogens is 316 g/mol. The van der Waals surface area contributed by atoms with Crippen molar-refractivity contribution in [2.75, 3.05) is 13.1 Å². The number of carbonyl (C=O) groups is 1. The van der Waals surface area contributed by atoms with E-state index in [-0.39, 0.29) is 11.8 Å². The number of para-hydroxylation sites is 2. The molecule has 25 heavy (non-hydrogen) atoms. The Morgan fingerprint density at radius 3 is 2.68 bits per heavy atom. The van der Waals surface area contributed by atoms with Crippen LogP contribution in [-0.2, 0) is 18.4 Å². The van der Waals surface area contributed by atoms with Gasteiger partial charge in [-0.3, -0.25) is 9.69 Å². The monoisotopic (exact) mass is 342 g/mol. The number of nitrogens with one attached hydrogen (secondary N) is 1. The maximum absolute atomic E-state index is 12.0. The number of aryl methyl sites for hydroxylation is 1. The Morgan fingerprint density at radius 2 is 2.00 bits per heavy atom. The van der Waals surface area contributed by atoms with Crippen molar-refractivity contribution < 1.29 is 9.90 Å². The highest BCUT2D eigenvalue weighted by atomic mass is 16.3. The normalized spacial score (nSPS) is 20.7. The predicted molar refractivity (Wildman–Crippen MR) is 95.9 cm³/mol. The zero-order valence-corrected chi connectivity index (χ0v) is 14.7. The van der Waals surface area contributed by atoms with E-state index in [2.05, 4.69) is 27.9 Å². The number of imidazole rings is 1. The van der Waals surface area contributed by atoms with Crippen LogP contribution in [0.3, 0.4) is 0 Å². The van der Waals surface area contributed by atoms with Crippen LogP contribution in [0.4, 0.5) is 0 Å². The SMILES string of the molecule is Cn1c(CN2CCC([C@@H](O)C(=O)NC3CC3)CC2)nc2ccccc21. The highest BCUT2D eigenvalue weighted by Crippen LogP contribution is 2.25. The molecule has 2 N–H and O–H groups in total. The molecule has 0 spiro atoms. The topological polar surface area (TPSA) is 70.4 Å². The first-order valence-electron chi connectivity index (χ1n) is 9.23. The maximum Gasteiger partial charge on any atom is 0.249 e. The van der Waals surface area contributed by atoms with E-state index in [1.54, 1.807) is 0 Å². The van der Waals surface area contributed by atoms with Crippen molar-refractivity contribution in [3.8, 4) is 0 Å². The number of rotatable bonds is 5. The molecule has 4 rings (SSSR count). The molecule has 1 aromatic carbocycles. The third-order valence-corrected chi connectivity index (χ3v) is 5.52. The van der Waals surface area contributed by atoms with E-state index in [0.29, 0.717) is 6.04 Å². The fourth-order valence-electron chi connectivity index (χ4n) is 3.69. The lowest BCUT2D eigenvalue weighted by atomic mass is 9.90. The van der Waals surface area contributed by atoms with Crippen LogP contribution in [0.25, 0.3) is 11.0 Å². The van der Waals surface area contributed by atoms with Crippen LogP contribution >= 0.6 is 0 Å². The van der Waals surface area contributed by atoms with Gasteiger partial charge in [0.2, 0.25) is 5.91 Å². The molecule has 134 valence electrons. The molecule has 0 radical (unpaired) electrons. The number of benzene rings is 1. The molecular formula is C19H26N4O2. The molecule has 0 bridgehead atoms. The molecule has 2 aromatic rings. The van der Waals surface area contributed by atoms with Crippen LogP contribution in [0, 0.1) is 5.92 Å². The molecule has 1 aliphatic heterocycles. The first-order valence-corrected chi connectivity index (χ1v) is 9.23. The smallest absolute Gasteiger partial charge is 0.249 e. The third kappa shape index (κ3) is 3.55. The molecule has 1 aliphatic carbocycles. The van der Waals surface area contributed by atoms with E-state index in [0.717, 1.165) is 62.2 Å². The second-order valence-electron chi connectivity index (χ2n) is 7.42. The Labute approximate surface area is 147 Å². The number of aromatic nitrogens is 2. The summed E-state index contributed by atoms with van der Waals surface area (Å²) in [5.41, 5.74) is 2.18. The van der Waals surface area contributed by atoms with Crippen molar-refractivity contribution in [1.82, 2.24) is 19.8 Å². The molecule has 2 aliphatic rings. The van der Waals surface area contributed by atoms with Crippen LogP contribution in [0.15, 0.2) is 24.3 Å². The summed E-state index contributed by atoms with van der Waals surface area (Å²) in [4.78, 5) is 19.1. The van der Waals surface area contributed by atoms with Gasteiger partial charge < -0.3 is 15.0 Å². The number of aliphatic hydroxyl groups excluding tert-OH is 1. The maximum atomic E-state index is 12.0. The zero-order chi connectivity index (χ0) is 17.4. The van der Waals surface area contributed by atoms with Crippen molar-refractivity contribution in [1.29, 1.82) is 0 Å². The molecule has 2 heterocycles. The molecule has 0 unspecified atom stereocenters. The van der Waals surface area contributed by atoms with Gasteiger partial charge in [0.25, 0.3) is 0 Å². The number of nitrogens with zero attached hydrogens (tertiary/aromatic N) is 3. The highest BCUT2D eigenvalue weighted by Gasteiger charge is 2.33. The average molecular weight is 342 g/mol. The van der Waals surface area contributed by atoms with Crippen LogP contribution in [0.2, 0.25) is 0 Å². The number of aliphatic hydroxyl groups is 1. The van der Waals surface area contributed by atoms with Gasteiger partial charge in [-0.1, -0.05) is 12.1 Å². The second kappa shape index (κ2) is 6.77. The summed E-state index contributed by atoms with van der Waals surface area (Å²) in [6.45, 7) is 2.59. The van der Waals surface area contributed by atoms with E-state index in [4.69, 9.17) is 4.98 Å². The van der Waals surface area contributed by atoms with Crippen molar-refractivity contribution in [3.05, 3.63) is 30.1 Å². The van der Waals surface area contributed by atoms with Gasteiger partial charge >= 0.3 is 0 Å². The fraction of sp³-hybridized carbons (Fsp3) is 0.579. The third-order valence-electron chi connectivity index (χ3n) is 5.52. The van der Waals surface area contributed by atoms with Gasteiger partial charge in [-0.25, -0.2) is 4.98 Å². The first kappa shape index (κ1) is 16.5. The Bertz CT molecular complexity index is 760. The predicted octanol–water partition coefficient (Wildman–Crippen LogP) is 1.42. The molecule has 6 heteroatoms. The van der Waals surface area contributed by atoms with Gasteiger partial charge in [0.1, 0.15) is 11.9 Å². The zero-order valence-electron chi connectivity index (χ0n) is 14.7. The van der Waals surface area contributed by atoms with E-state index in [1.165, 1.54) is 0 Å². The minimum Gasteiger partial charge on any atom is -0.383 e. The van der Waals surface area contributed by atoms with Gasteiger partial charge in [0.05, 0.1) is 17.6 Å². The average Bonchev–Trinajstić information content (AvgIpc) is 3.39. The second-order valence-corrected chi connectivity index (χ2v) is 7.42. The summed E-state index contributed by atoms with van der Waals surface area (Å²) in [7, 11) is 2.06. The Hall–Kier alpha value is -1.92. The van der Waals surface area contributed by atoms with Crippen LogP contribution in [-0.4, -0.2) is 50.7 Å². The van der Waals surface area contributed by atoms with E-state index < -0.39 is 6.10 Å². The standard InChI is InChI=1S/C19H26N4O2/c1-22-16-5-3-2-4-15(16)21-17(22)12-23-10-8-13(9-11-23)18(24)19(25)20-14-6-7-14/h2-5,13-14,18,24H,6-12H2,1H3,(H,20,25)/t18-/m1/s1. The lowest BCUT2D eigenvalue weighted by Crippen LogP contribution is -2.45. The summed E-state index contributed by atoms with van der Waals surface area (Å²) >= 11 is 0. The minimum absolute atomic E-state index is 0.0652. The Morgan fingerprint density at radius 1 is 1.28 bits per heavy atom. The largest absolute Gasteiger partial charge is 0.383 e. The van der Waals surface area contributed by atoms with Crippen molar-refractivity contribution >= 4 is 16.9 Å². The summed E-state index contributed by atoms with van der Waals surface area (Å²) < 4.78 is 2.15. The summed E-state index contributed by atoms with van der Waals surface area (Å²) in [5.74, 6) is 0.943. The summed E-state index contributed by atoms with van der Waals surface area (Å²) in [6.07, 6.45) is 2.94. The molecule has 6 nitrogen and oxygen atoms in total. The van der Waals surface area contributed by atoms with Crippen molar-refractivity contribution in [2.24, 2.45) is 13.0 Å². The van der Waals surface area contributed by atoms with Crippen molar-refractivity contribution in [2.45, 2.75) is 44.4 Å². The molecule has 1 atom stereocenters. The summed E-state index contributed by atoms with van der Waals surface area (Å²) in [6, 6.07) is 8.48. The highest BCUT2D eigenvalue weighted by molar-refractivity contribution is 5.81. The van der Waals surface area contributed by atoms with Crippen LogP contribution < -0.4 is 5.32 Å². The quantitative estimate of drug-likeness (QED) is 0.862. The van der Waals surface area contributed by atoms with Crippen molar-refractivity contribution in [3.63, 3.8) is 0 Å². The lowest BCUT2D eigenvalue weighted by Gasteiger charge is -2.33. The molecule has 2 fully saturated rings. The molecule has 1 aromatic heterocycles. The first-order chi connectivity index (χ1) is 12.1. The minimum atomic E-state index is -0.863. The van der Waals surface area contributed by atoms with Crippen LogP contribution in [0.1, 0.15) is 31.5 Å². The van der Waals surface area contributed by atoms with Crippen LogP contribution in [0.5, 0.6) is 0 Å². The van der Waals surface area contributed by atoms with E-state index in [1.807, 2.05) is 18.2 Å². The number of amides is 1. The van der Waals surface area contributed by atoms with Gasteiger partial charge in [-0.2, -0.15) is 0 Å². The lowest BCUT2D eigenvalue weighted by molar-refractivity contribution is -0.133. The van der Waals surface area contributed by atoms with E-state index in [9.17, 15) is 9.90 Å². The Kier molecular flexibility index (Phi) is 4.48. The molecule has 1 saturated carbocycles. The molecule has 1 saturated heterocycles. The summed E-state index contributed by atoms with van der Waals surface area (Å²) in [5, 5.41) is 13.2. The number of likely N-dealkylation sites (tertiary alicyclic amines) is 1. The number of hydrogen-bond donors (Lipinski definition) is 2. The fourth-order valence-corrected chi connectivity index (χ4v) is 3.69. The Balaban J connectivity index is 1.33. The number of carbonyl (C=O) groups excluding carboxylic acids is 1. The number of fused-ring (bicyclic) bond motifs is 1. The van der Waals surface area contributed by atoms with Gasteiger partial charge in [-0.15, -0.1) is 0 Å². The van der Waals surface area contributed by atoms with Gasteiger partial charge in [0, 0.05) is 13.1 Å².